The molecule has 1 fully saturated rings. The number of aliphatic hydroxyl groups excluding tert-OH is 1. The SMILES string of the molecule is CC(C)c1ccc(C2CC(=O)C(C3=NC4CCCCC4N3)=C(O)C2)cc1. The Morgan fingerprint density at radius 2 is 1.85 bits per heavy atom. The first kappa shape index (κ1) is 17.3. The summed E-state index contributed by atoms with van der Waals surface area (Å²) < 4.78 is 0. The van der Waals surface area contributed by atoms with E-state index in [4.69, 9.17) is 4.99 Å². The number of hydrogen-bond acceptors (Lipinski definition) is 4. The van der Waals surface area contributed by atoms with E-state index in [1.165, 1.54) is 18.4 Å². The maximum absolute atomic E-state index is 12.8. The van der Waals surface area contributed by atoms with E-state index in [2.05, 4.69) is 43.4 Å². The van der Waals surface area contributed by atoms with E-state index in [9.17, 15) is 9.90 Å². The van der Waals surface area contributed by atoms with E-state index in [-0.39, 0.29) is 23.5 Å². The maximum Gasteiger partial charge on any atom is 0.170 e. The zero-order chi connectivity index (χ0) is 18.3. The van der Waals surface area contributed by atoms with E-state index in [1.54, 1.807) is 0 Å². The molecule has 0 bridgehead atoms. The van der Waals surface area contributed by atoms with Crippen molar-refractivity contribution in [2.45, 2.75) is 76.3 Å². The van der Waals surface area contributed by atoms with Crippen LogP contribution in [0.2, 0.25) is 0 Å². The Morgan fingerprint density at radius 1 is 1.12 bits per heavy atom. The quantitative estimate of drug-likeness (QED) is 0.848. The fourth-order valence-electron chi connectivity index (χ4n) is 4.50. The van der Waals surface area contributed by atoms with Gasteiger partial charge < -0.3 is 10.4 Å². The van der Waals surface area contributed by atoms with Crippen LogP contribution >= 0.6 is 0 Å². The molecule has 1 aromatic carbocycles. The highest BCUT2D eigenvalue weighted by Gasteiger charge is 2.37. The first-order valence-corrected chi connectivity index (χ1v) is 9.93. The van der Waals surface area contributed by atoms with Crippen molar-refractivity contribution in [2.75, 3.05) is 0 Å². The standard InChI is InChI=1S/C22H28N2O2/c1-13(2)14-7-9-15(10-8-14)16-11-19(25)21(20(26)12-16)22-23-17-5-3-4-6-18(17)24-22/h7-10,13,16-18,25H,3-6,11-12H2,1-2H3,(H,23,24). The number of ketones is 1. The number of nitrogens with zero attached hydrogens (tertiary/aromatic N) is 1. The highest BCUT2D eigenvalue weighted by atomic mass is 16.3. The highest BCUT2D eigenvalue weighted by molar-refractivity contribution is 6.23. The Kier molecular flexibility index (Phi) is 4.60. The number of Topliss-reactive ketones (excluding diaryl/α,β-unsaturated/α-hetero) is 1. The van der Waals surface area contributed by atoms with Crippen LogP contribution in [0.3, 0.4) is 0 Å². The van der Waals surface area contributed by atoms with Crippen LogP contribution in [0, 0.1) is 0 Å². The van der Waals surface area contributed by atoms with Crippen molar-refractivity contribution in [1.82, 2.24) is 5.32 Å². The molecule has 1 saturated carbocycles. The van der Waals surface area contributed by atoms with Crippen LogP contribution in [0.15, 0.2) is 40.6 Å². The summed E-state index contributed by atoms with van der Waals surface area (Å²) in [6, 6.07) is 9.08. The second kappa shape index (κ2) is 6.90. The van der Waals surface area contributed by atoms with Gasteiger partial charge in [0.1, 0.15) is 11.6 Å². The predicted octanol–water partition coefficient (Wildman–Crippen LogP) is 4.38. The lowest BCUT2D eigenvalue weighted by molar-refractivity contribution is -0.116. The van der Waals surface area contributed by atoms with Gasteiger partial charge in [0.05, 0.1) is 11.6 Å². The van der Waals surface area contributed by atoms with E-state index < -0.39 is 0 Å². The Hall–Kier alpha value is -2.10. The smallest absolute Gasteiger partial charge is 0.170 e. The number of carbonyl (C=O) groups excluding carboxylic acids is 1. The Labute approximate surface area is 155 Å². The van der Waals surface area contributed by atoms with E-state index in [0.717, 1.165) is 18.4 Å². The lowest BCUT2D eigenvalue weighted by Gasteiger charge is -2.25. The third kappa shape index (κ3) is 3.17. The normalized spacial score (nSPS) is 28.8. The first-order valence-electron chi connectivity index (χ1n) is 9.93. The number of hydrogen-bond donors (Lipinski definition) is 2. The van der Waals surface area contributed by atoms with Crippen LogP contribution < -0.4 is 5.32 Å². The number of aliphatic hydroxyl groups is 1. The summed E-state index contributed by atoms with van der Waals surface area (Å²) in [6.07, 6.45) is 5.55. The molecule has 0 spiro atoms. The van der Waals surface area contributed by atoms with Gasteiger partial charge in [-0.15, -0.1) is 0 Å². The van der Waals surface area contributed by atoms with Crippen molar-refractivity contribution in [3.05, 3.63) is 46.7 Å². The van der Waals surface area contributed by atoms with Gasteiger partial charge in [0.2, 0.25) is 0 Å². The van der Waals surface area contributed by atoms with Crippen molar-refractivity contribution in [2.24, 2.45) is 4.99 Å². The number of amidine groups is 1. The molecule has 3 aliphatic rings. The summed E-state index contributed by atoms with van der Waals surface area (Å²) in [5.74, 6) is 1.39. The minimum Gasteiger partial charge on any atom is -0.511 e. The molecule has 0 radical (unpaired) electrons. The largest absolute Gasteiger partial charge is 0.511 e. The molecule has 138 valence electrons. The molecule has 4 rings (SSSR count). The van der Waals surface area contributed by atoms with Gasteiger partial charge in [0.15, 0.2) is 5.78 Å². The molecule has 2 N–H and O–H groups in total. The summed E-state index contributed by atoms with van der Waals surface area (Å²) in [5.41, 5.74) is 2.86. The molecular weight excluding hydrogens is 324 g/mol. The van der Waals surface area contributed by atoms with Crippen molar-refractivity contribution < 1.29 is 9.90 Å². The van der Waals surface area contributed by atoms with Crippen LogP contribution in [-0.4, -0.2) is 28.8 Å². The Balaban J connectivity index is 1.54. The van der Waals surface area contributed by atoms with Crippen molar-refractivity contribution in [3.63, 3.8) is 0 Å². The minimum absolute atomic E-state index is 0.0107. The van der Waals surface area contributed by atoms with Crippen LogP contribution in [0.25, 0.3) is 0 Å². The van der Waals surface area contributed by atoms with Crippen LogP contribution in [0.4, 0.5) is 0 Å². The number of nitrogens with one attached hydrogen (secondary N) is 1. The Bertz CT molecular complexity index is 761. The molecule has 0 saturated heterocycles. The van der Waals surface area contributed by atoms with Crippen molar-refractivity contribution in [3.8, 4) is 0 Å². The van der Waals surface area contributed by atoms with Crippen LogP contribution in [0.1, 0.15) is 75.3 Å². The Morgan fingerprint density at radius 3 is 2.50 bits per heavy atom. The molecule has 26 heavy (non-hydrogen) atoms. The zero-order valence-electron chi connectivity index (χ0n) is 15.7. The number of carbonyl (C=O) groups is 1. The van der Waals surface area contributed by atoms with Crippen LogP contribution in [0.5, 0.6) is 0 Å². The average Bonchev–Trinajstić information content (AvgIpc) is 3.04. The molecule has 1 heterocycles. The van der Waals surface area contributed by atoms with Gasteiger partial charge in [0.25, 0.3) is 0 Å². The lowest BCUT2D eigenvalue weighted by atomic mass is 9.82. The van der Waals surface area contributed by atoms with Gasteiger partial charge in [-0.05, 0) is 35.8 Å². The van der Waals surface area contributed by atoms with Crippen LogP contribution in [-0.2, 0) is 4.79 Å². The van der Waals surface area contributed by atoms with Gasteiger partial charge >= 0.3 is 0 Å². The number of rotatable bonds is 3. The highest BCUT2D eigenvalue weighted by Crippen LogP contribution is 2.36. The fraction of sp³-hybridized carbons (Fsp3) is 0.545. The maximum atomic E-state index is 12.8. The number of aliphatic imine (C=N–C) groups is 1. The van der Waals surface area contributed by atoms with Gasteiger partial charge in [-0.3, -0.25) is 9.79 Å². The molecule has 4 nitrogen and oxygen atoms in total. The number of benzene rings is 1. The fourth-order valence-corrected chi connectivity index (χ4v) is 4.50. The second-order valence-corrected chi connectivity index (χ2v) is 8.25. The minimum atomic E-state index is 0.0107. The van der Waals surface area contributed by atoms with E-state index >= 15 is 0 Å². The van der Waals surface area contributed by atoms with Crippen molar-refractivity contribution >= 4 is 11.6 Å². The molecule has 3 atom stereocenters. The van der Waals surface area contributed by atoms with E-state index in [1.807, 2.05) is 0 Å². The van der Waals surface area contributed by atoms with Gasteiger partial charge in [0, 0.05) is 18.9 Å². The van der Waals surface area contributed by atoms with Gasteiger partial charge in [-0.25, -0.2) is 0 Å². The zero-order valence-corrected chi connectivity index (χ0v) is 15.7. The van der Waals surface area contributed by atoms with Gasteiger partial charge in [-0.1, -0.05) is 51.0 Å². The second-order valence-electron chi connectivity index (χ2n) is 8.25. The number of allylic oxidation sites excluding steroid dienone is 1. The molecule has 3 unspecified atom stereocenters. The first-order chi connectivity index (χ1) is 12.5. The van der Waals surface area contributed by atoms with Crippen molar-refractivity contribution in [1.29, 1.82) is 0 Å². The monoisotopic (exact) mass is 352 g/mol. The third-order valence-corrected chi connectivity index (χ3v) is 6.10. The molecule has 0 aromatic heterocycles. The molecule has 1 aliphatic heterocycles. The van der Waals surface area contributed by atoms with Gasteiger partial charge in [-0.2, -0.15) is 0 Å². The summed E-state index contributed by atoms with van der Waals surface area (Å²) in [5, 5.41) is 14.1. The number of fused-ring (bicyclic) bond motifs is 1. The summed E-state index contributed by atoms with van der Waals surface area (Å²) in [6.45, 7) is 4.35. The average molecular weight is 352 g/mol. The topological polar surface area (TPSA) is 61.7 Å². The predicted molar refractivity (Wildman–Crippen MR) is 104 cm³/mol. The summed E-state index contributed by atoms with van der Waals surface area (Å²) in [7, 11) is 0. The molecule has 2 aliphatic carbocycles. The summed E-state index contributed by atoms with van der Waals surface area (Å²) in [4.78, 5) is 17.5. The molecular formula is C22H28N2O2. The van der Waals surface area contributed by atoms with E-state index in [0.29, 0.717) is 36.2 Å². The molecule has 0 amide bonds. The molecule has 1 aromatic rings. The summed E-state index contributed by atoms with van der Waals surface area (Å²) >= 11 is 0. The lowest BCUT2D eigenvalue weighted by Crippen LogP contribution is -2.39. The molecule has 4 heteroatoms. The third-order valence-electron chi connectivity index (χ3n) is 6.10.